The van der Waals surface area contributed by atoms with Gasteiger partial charge in [-0.1, -0.05) is 31.2 Å². The van der Waals surface area contributed by atoms with Crippen LogP contribution in [0.25, 0.3) is 10.8 Å². The summed E-state index contributed by atoms with van der Waals surface area (Å²) in [6.07, 6.45) is 2.43. The minimum absolute atomic E-state index is 0.0276. The number of benzene rings is 2. The van der Waals surface area contributed by atoms with Gasteiger partial charge in [0.05, 0.1) is 18.8 Å². The predicted molar refractivity (Wildman–Crippen MR) is 112 cm³/mol. The average molecular weight is 393 g/mol. The number of carbonyl (C=O) groups is 1. The highest BCUT2D eigenvalue weighted by Crippen LogP contribution is 2.32. The van der Waals surface area contributed by atoms with Crippen molar-refractivity contribution in [2.24, 2.45) is 0 Å². The molecule has 2 aromatic carbocycles. The Bertz CT molecular complexity index is 1060. The van der Waals surface area contributed by atoms with Crippen LogP contribution in [0.4, 0.5) is 15.9 Å². The van der Waals surface area contributed by atoms with Crippen molar-refractivity contribution >= 4 is 28.2 Å². The number of hydrogen-bond acceptors (Lipinski definition) is 4. The summed E-state index contributed by atoms with van der Waals surface area (Å²) >= 11 is 0. The van der Waals surface area contributed by atoms with E-state index in [0.29, 0.717) is 48.9 Å². The lowest BCUT2D eigenvalue weighted by atomic mass is 9.98. The second-order valence-corrected chi connectivity index (χ2v) is 7.16. The van der Waals surface area contributed by atoms with Crippen LogP contribution in [0.3, 0.4) is 0 Å². The number of ether oxygens (including phenoxy) is 1. The van der Waals surface area contributed by atoms with Crippen LogP contribution in [0.2, 0.25) is 0 Å². The molecule has 150 valence electrons. The fourth-order valence-electron chi connectivity index (χ4n) is 3.74. The van der Waals surface area contributed by atoms with Gasteiger partial charge < -0.3 is 15.0 Å². The molecule has 0 aliphatic carbocycles. The van der Waals surface area contributed by atoms with Gasteiger partial charge in [-0.25, -0.2) is 9.37 Å². The van der Waals surface area contributed by atoms with Crippen molar-refractivity contribution in [3.8, 4) is 0 Å². The molecule has 1 aliphatic heterocycles. The first-order valence-electron chi connectivity index (χ1n) is 9.90. The molecule has 1 N–H and O–H groups in total. The minimum atomic E-state index is -0.271. The first-order valence-corrected chi connectivity index (χ1v) is 9.90. The summed E-state index contributed by atoms with van der Waals surface area (Å²) in [7, 11) is 0. The van der Waals surface area contributed by atoms with Crippen LogP contribution in [-0.2, 0) is 11.2 Å². The van der Waals surface area contributed by atoms with Crippen LogP contribution < -0.4 is 5.32 Å². The van der Waals surface area contributed by atoms with E-state index >= 15 is 0 Å². The van der Waals surface area contributed by atoms with Gasteiger partial charge in [0.2, 0.25) is 0 Å². The lowest BCUT2D eigenvalue weighted by Gasteiger charge is -2.27. The molecule has 3 aromatic rings. The first-order chi connectivity index (χ1) is 14.1. The number of morpholine rings is 1. The Morgan fingerprint density at radius 1 is 1.21 bits per heavy atom. The number of rotatable bonds is 4. The van der Waals surface area contributed by atoms with Gasteiger partial charge in [-0.15, -0.1) is 0 Å². The van der Waals surface area contributed by atoms with Crippen molar-refractivity contribution in [2.75, 3.05) is 31.6 Å². The molecule has 1 fully saturated rings. The Morgan fingerprint density at radius 2 is 1.97 bits per heavy atom. The van der Waals surface area contributed by atoms with Gasteiger partial charge in [0.15, 0.2) is 0 Å². The zero-order chi connectivity index (χ0) is 20.4. The van der Waals surface area contributed by atoms with E-state index in [1.54, 1.807) is 19.2 Å². The van der Waals surface area contributed by atoms with Crippen molar-refractivity contribution in [2.45, 2.75) is 20.3 Å². The second kappa shape index (κ2) is 8.17. The van der Waals surface area contributed by atoms with Gasteiger partial charge in [0.1, 0.15) is 11.6 Å². The number of nitrogens with one attached hydrogen (secondary N) is 1. The third-order valence-electron chi connectivity index (χ3n) is 5.43. The lowest BCUT2D eigenvalue weighted by molar-refractivity contribution is 0.0304. The maximum atomic E-state index is 14.0. The number of amides is 1. The monoisotopic (exact) mass is 393 g/mol. The van der Waals surface area contributed by atoms with E-state index in [1.165, 1.54) is 6.07 Å². The molecule has 0 bridgehead atoms. The van der Waals surface area contributed by atoms with E-state index in [-0.39, 0.29) is 11.7 Å². The highest BCUT2D eigenvalue weighted by atomic mass is 19.1. The summed E-state index contributed by atoms with van der Waals surface area (Å²) in [6.45, 7) is 6.07. The van der Waals surface area contributed by atoms with Crippen LogP contribution in [-0.4, -0.2) is 42.1 Å². The molecule has 4 rings (SSSR count). The van der Waals surface area contributed by atoms with Crippen LogP contribution in [0, 0.1) is 12.7 Å². The quantitative estimate of drug-likeness (QED) is 0.711. The first kappa shape index (κ1) is 19.3. The summed E-state index contributed by atoms with van der Waals surface area (Å²) in [5.41, 5.74) is 2.87. The van der Waals surface area contributed by atoms with E-state index in [0.717, 1.165) is 22.8 Å². The fourth-order valence-corrected chi connectivity index (χ4v) is 3.74. The van der Waals surface area contributed by atoms with E-state index in [2.05, 4.69) is 17.2 Å². The lowest BCUT2D eigenvalue weighted by Crippen LogP contribution is -2.40. The molecule has 1 saturated heterocycles. The number of pyridine rings is 1. The van der Waals surface area contributed by atoms with Gasteiger partial charge in [-0.2, -0.15) is 0 Å². The average Bonchev–Trinajstić information content (AvgIpc) is 2.76. The van der Waals surface area contributed by atoms with Gasteiger partial charge in [-0.3, -0.25) is 4.79 Å². The molecule has 29 heavy (non-hydrogen) atoms. The minimum Gasteiger partial charge on any atom is -0.378 e. The van der Waals surface area contributed by atoms with Gasteiger partial charge in [0.25, 0.3) is 5.91 Å². The Kier molecular flexibility index (Phi) is 5.45. The summed E-state index contributed by atoms with van der Waals surface area (Å²) in [6, 6.07) is 10.9. The largest absolute Gasteiger partial charge is 0.378 e. The van der Waals surface area contributed by atoms with E-state index in [1.807, 2.05) is 29.2 Å². The smallest absolute Gasteiger partial charge is 0.256 e. The fraction of sp³-hybridized carbons (Fsp3) is 0.304. The number of aromatic nitrogens is 1. The molecule has 0 spiro atoms. The number of hydrogen-bond donors (Lipinski definition) is 1. The molecule has 5 nitrogen and oxygen atoms in total. The number of halogens is 1. The maximum Gasteiger partial charge on any atom is 0.256 e. The van der Waals surface area contributed by atoms with Gasteiger partial charge in [0, 0.05) is 41.3 Å². The van der Waals surface area contributed by atoms with Crippen molar-refractivity contribution in [1.82, 2.24) is 9.88 Å². The summed E-state index contributed by atoms with van der Waals surface area (Å²) in [5.74, 6) is 0.315. The Balaban J connectivity index is 1.82. The highest BCUT2D eigenvalue weighted by Gasteiger charge is 2.23. The zero-order valence-electron chi connectivity index (χ0n) is 16.7. The summed E-state index contributed by atoms with van der Waals surface area (Å²) < 4.78 is 19.3. The number of fused-ring (bicyclic) bond motifs is 1. The Hall–Kier alpha value is -2.99. The van der Waals surface area contributed by atoms with E-state index in [9.17, 15) is 9.18 Å². The predicted octanol–water partition coefficient (Wildman–Crippen LogP) is 4.46. The second-order valence-electron chi connectivity index (χ2n) is 7.16. The molecule has 1 amide bonds. The summed E-state index contributed by atoms with van der Waals surface area (Å²) in [5, 5.41) is 5.01. The topological polar surface area (TPSA) is 54.5 Å². The maximum absolute atomic E-state index is 14.0. The van der Waals surface area contributed by atoms with Crippen molar-refractivity contribution < 1.29 is 13.9 Å². The molecule has 1 aliphatic rings. The third kappa shape index (κ3) is 3.68. The highest BCUT2D eigenvalue weighted by molar-refractivity contribution is 6.11. The van der Waals surface area contributed by atoms with Crippen molar-refractivity contribution in [3.63, 3.8) is 0 Å². The zero-order valence-corrected chi connectivity index (χ0v) is 16.7. The SMILES string of the molecule is CCc1cccc2c(Nc3cccc(F)c3C)ncc(C(=O)N3CCOCC3)c12. The normalized spacial score (nSPS) is 14.2. The third-order valence-corrected chi connectivity index (χ3v) is 5.43. The molecule has 6 heteroatoms. The molecule has 0 saturated carbocycles. The molecule has 2 heterocycles. The molecule has 0 radical (unpaired) electrons. The summed E-state index contributed by atoms with van der Waals surface area (Å²) in [4.78, 5) is 19.6. The van der Waals surface area contributed by atoms with Crippen LogP contribution in [0.15, 0.2) is 42.6 Å². The standard InChI is InChI=1S/C23H24FN3O2/c1-3-16-6-4-7-17-21(16)18(23(28)27-10-12-29-13-11-27)14-25-22(17)26-20-9-5-8-19(24)15(20)2/h4-9,14H,3,10-13H2,1-2H3,(H,25,26). The molecule has 0 unspecified atom stereocenters. The number of carbonyl (C=O) groups excluding carboxylic acids is 1. The molecule has 0 atom stereocenters. The Labute approximate surface area is 169 Å². The molecular weight excluding hydrogens is 369 g/mol. The molecule has 1 aromatic heterocycles. The van der Waals surface area contributed by atoms with E-state index in [4.69, 9.17) is 4.74 Å². The number of anilines is 2. The van der Waals surface area contributed by atoms with Crippen molar-refractivity contribution in [1.29, 1.82) is 0 Å². The number of nitrogens with zero attached hydrogens (tertiary/aromatic N) is 2. The van der Waals surface area contributed by atoms with Gasteiger partial charge >= 0.3 is 0 Å². The molecular formula is C23H24FN3O2. The van der Waals surface area contributed by atoms with Crippen molar-refractivity contribution in [3.05, 3.63) is 65.1 Å². The van der Waals surface area contributed by atoms with E-state index < -0.39 is 0 Å². The Morgan fingerprint density at radius 3 is 2.72 bits per heavy atom. The van der Waals surface area contributed by atoms with Crippen LogP contribution in [0.1, 0.15) is 28.4 Å². The van der Waals surface area contributed by atoms with Gasteiger partial charge in [-0.05, 0) is 31.0 Å². The van der Waals surface area contributed by atoms with Crippen LogP contribution >= 0.6 is 0 Å². The van der Waals surface area contributed by atoms with Crippen LogP contribution in [0.5, 0.6) is 0 Å². The number of aryl methyl sites for hydroxylation is 1.